The first-order valence-corrected chi connectivity index (χ1v) is 5.59. The zero-order chi connectivity index (χ0) is 11.4. The Morgan fingerprint density at radius 2 is 2.38 bits per heavy atom. The molecule has 5 heteroatoms. The number of halogens is 1. The third kappa shape index (κ3) is 2.23. The predicted octanol–water partition coefficient (Wildman–Crippen LogP) is 2.63. The zero-order valence-electron chi connectivity index (χ0n) is 8.30. The number of rotatable bonds is 3. The van der Waals surface area contributed by atoms with E-state index in [-0.39, 0.29) is 5.82 Å². The smallest absolute Gasteiger partial charge is 0.173 e. The van der Waals surface area contributed by atoms with E-state index in [2.05, 4.69) is 4.98 Å². The van der Waals surface area contributed by atoms with Crippen LogP contribution in [-0.2, 0) is 0 Å². The van der Waals surface area contributed by atoms with Crippen molar-refractivity contribution in [3.8, 4) is 11.8 Å². The van der Waals surface area contributed by atoms with E-state index < -0.39 is 0 Å². The molecule has 1 aromatic heterocycles. The summed E-state index contributed by atoms with van der Waals surface area (Å²) in [5, 5.41) is 9.19. The first kappa shape index (κ1) is 10.7. The molecule has 0 unspecified atom stereocenters. The van der Waals surface area contributed by atoms with Crippen molar-refractivity contribution in [2.24, 2.45) is 0 Å². The van der Waals surface area contributed by atoms with Crippen LogP contribution in [-0.4, -0.2) is 15.3 Å². The monoisotopic (exact) mass is 233 g/mol. The minimum absolute atomic E-state index is 0.289. The van der Waals surface area contributed by atoms with Crippen LogP contribution in [0.4, 0.5) is 4.39 Å². The lowest BCUT2D eigenvalue weighted by Crippen LogP contribution is -1.95. The van der Waals surface area contributed by atoms with Gasteiger partial charge in [0.25, 0.3) is 0 Å². The molecule has 1 heterocycles. The number of hydrogen-bond donors (Lipinski definition) is 0. The molecule has 0 fully saturated rings. The summed E-state index contributed by atoms with van der Waals surface area (Å²) in [6.45, 7) is 0. The predicted molar refractivity (Wildman–Crippen MR) is 59.9 cm³/mol. The molecular weight excluding hydrogens is 225 g/mol. The quantitative estimate of drug-likeness (QED) is 0.765. The van der Waals surface area contributed by atoms with Crippen LogP contribution >= 0.6 is 11.8 Å². The molecule has 2 rings (SSSR count). The van der Waals surface area contributed by atoms with Gasteiger partial charge in [-0.1, -0.05) is 17.8 Å². The van der Waals surface area contributed by atoms with Crippen LogP contribution in [0.25, 0.3) is 5.69 Å². The topological polar surface area (TPSA) is 41.6 Å². The number of aromatic nitrogens is 2. The molecule has 0 amide bonds. The number of thioether (sulfide) groups is 1. The highest BCUT2D eigenvalue weighted by atomic mass is 32.2. The van der Waals surface area contributed by atoms with Crippen LogP contribution in [0.3, 0.4) is 0 Å². The van der Waals surface area contributed by atoms with Gasteiger partial charge in [-0.2, -0.15) is 5.26 Å². The van der Waals surface area contributed by atoms with Gasteiger partial charge in [0.2, 0.25) is 0 Å². The average Bonchev–Trinajstić information content (AvgIpc) is 2.74. The van der Waals surface area contributed by atoms with E-state index in [1.807, 2.05) is 6.07 Å². The summed E-state index contributed by atoms with van der Waals surface area (Å²) >= 11 is 1.32. The van der Waals surface area contributed by atoms with Gasteiger partial charge in [0.05, 0.1) is 17.5 Å². The van der Waals surface area contributed by atoms with Crippen molar-refractivity contribution in [1.29, 1.82) is 5.26 Å². The summed E-state index contributed by atoms with van der Waals surface area (Å²) in [6, 6.07) is 8.29. The van der Waals surface area contributed by atoms with Gasteiger partial charge in [-0.3, -0.25) is 4.57 Å². The Bertz CT molecular complexity index is 530. The lowest BCUT2D eigenvalue weighted by molar-refractivity contribution is 0.626. The fourth-order valence-electron chi connectivity index (χ4n) is 1.32. The van der Waals surface area contributed by atoms with Gasteiger partial charge in [-0.15, -0.1) is 0 Å². The molecule has 0 spiro atoms. The molecule has 0 aliphatic carbocycles. The second-order valence-corrected chi connectivity index (χ2v) is 3.95. The lowest BCUT2D eigenvalue weighted by atomic mass is 10.3. The Morgan fingerprint density at radius 1 is 1.50 bits per heavy atom. The standard InChI is InChI=1S/C11H8FN3S/c12-9-2-1-3-10(8-9)15-6-5-14-11(15)16-7-4-13/h1-3,5-6,8H,7H2. The summed E-state index contributed by atoms with van der Waals surface area (Å²) in [6.07, 6.45) is 3.37. The molecule has 16 heavy (non-hydrogen) atoms. The third-order valence-corrected chi connectivity index (χ3v) is 2.79. The van der Waals surface area contributed by atoms with Crippen molar-refractivity contribution >= 4 is 11.8 Å². The maximum atomic E-state index is 13.0. The van der Waals surface area contributed by atoms with Crippen molar-refractivity contribution in [3.63, 3.8) is 0 Å². The molecule has 0 aliphatic rings. The maximum absolute atomic E-state index is 13.0. The molecule has 0 radical (unpaired) electrons. The Balaban J connectivity index is 2.34. The van der Waals surface area contributed by atoms with Crippen LogP contribution in [0, 0.1) is 17.1 Å². The number of nitrogens with zero attached hydrogens (tertiary/aromatic N) is 3. The van der Waals surface area contributed by atoms with E-state index in [9.17, 15) is 4.39 Å². The first-order valence-electron chi connectivity index (χ1n) is 4.60. The number of nitriles is 1. The van der Waals surface area contributed by atoms with E-state index >= 15 is 0 Å². The fourth-order valence-corrected chi connectivity index (χ4v) is 1.95. The first-order chi connectivity index (χ1) is 7.81. The highest BCUT2D eigenvalue weighted by Gasteiger charge is 2.05. The van der Waals surface area contributed by atoms with Gasteiger partial charge < -0.3 is 0 Å². The molecular formula is C11H8FN3S. The van der Waals surface area contributed by atoms with Crippen molar-refractivity contribution in [1.82, 2.24) is 9.55 Å². The van der Waals surface area contributed by atoms with E-state index in [1.165, 1.54) is 23.9 Å². The fraction of sp³-hybridized carbons (Fsp3) is 0.0909. The Labute approximate surface area is 96.5 Å². The SMILES string of the molecule is N#CCSc1nccn1-c1cccc(F)c1. The normalized spacial score (nSPS) is 10.0. The van der Waals surface area contributed by atoms with Crippen molar-refractivity contribution < 1.29 is 4.39 Å². The van der Waals surface area contributed by atoms with Gasteiger partial charge in [0.15, 0.2) is 5.16 Å². The second kappa shape index (κ2) is 4.81. The molecule has 0 aliphatic heterocycles. The molecule has 0 N–H and O–H groups in total. The Hall–Kier alpha value is -1.80. The van der Waals surface area contributed by atoms with E-state index in [4.69, 9.17) is 5.26 Å². The summed E-state index contributed by atoms with van der Waals surface area (Å²) in [5.41, 5.74) is 0.706. The number of benzene rings is 1. The molecule has 0 saturated carbocycles. The van der Waals surface area contributed by atoms with E-state index in [0.29, 0.717) is 16.6 Å². The number of hydrogen-bond acceptors (Lipinski definition) is 3. The van der Waals surface area contributed by atoms with Gasteiger partial charge in [0.1, 0.15) is 5.82 Å². The highest BCUT2D eigenvalue weighted by molar-refractivity contribution is 7.99. The van der Waals surface area contributed by atoms with Crippen LogP contribution in [0.1, 0.15) is 0 Å². The largest absolute Gasteiger partial charge is 0.295 e. The second-order valence-electron chi connectivity index (χ2n) is 3.01. The number of imidazole rings is 1. The van der Waals surface area contributed by atoms with Crippen molar-refractivity contribution in [2.45, 2.75) is 5.16 Å². The summed E-state index contributed by atoms with van der Waals surface area (Å²) in [4.78, 5) is 4.11. The molecule has 1 aromatic carbocycles. The lowest BCUT2D eigenvalue weighted by Gasteiger charge is -2.05. The van der Waals surface area contributed by atoms with E-state index in [0.717, 1.165) is 0 Å². The Morgan fingerprint density at radius 3 is 3.12 bits per heavy atom. The van der Waals surface area contributed by atoms with Gasteiger partial charge >= 0.3 is 0 Å². The molecule has 80 valence electrons. The Kier molecular flexibility index (Phi) is 3.22. The molecule has 0 atom stereocenters. The minimum Gasteiger partial charge on any atom is -0.295 e. The van der Waals surface area contributed by atoms with Gasteiger partial charge in [-0.05, 0) is 18.2 Å². The summed E-state index contributed by atoms with van der Waals surface area (Å²) in [5.74, 6) is 0.0363. The molecule has 0 bridgehead atoms. The van der Waals surface area contributed by atoms with Crippen LogP contribution < -0.4 is 0 Å². The molecule has 2 aromatic rings. The van der Waals surface area contributed by atoms with Crippen molar-refractivity contribution in [3.05, 3.63) is 42.5 Å². The minimum atomic E-state index is -0.289. The van der Waals surface area contributed by atoms with Crippen LogP contribution in [0.15, 0.2) is 41.8 Å². The van der Waals surface area contributed by atoms with Crippen LogP contribution in [0.2, 0.25) is 0 Å². The summed E-state index contributed by atoms with van der Waals surface area (Å²) < 4.78 is 14.8. The van der Waals surface area contributed by atoms with Crippen molar-refractivity contribution in [2.75, 3.05) is 5.75 Å². The molecule has 0 saturated heterocycles. The molecule has 3 nitrogen and oxygen atoms in total. The third-order valence-electron chi connectivity index (χ3n) is 1.96. The van der Waals surface area contributed by atoms with Gasteiger partial charge in [0, 0.05) is 12.4 Å². The average molecular weight is 233 g/mol. The van der Waals surface area contributed by atoms with Gasteiger partial charge in [-0.25, -0.2) is 9.37 Å². The van der Waals surface area contributed by atoms with Crippen LogP contribution in [0.5, 0.6) is 0 Å². The summed E-state index contributed by atoms with van der Waals surface area (Å²) in [7, 11) is 0. The van der Waals surface area contributed by atoms with E-state index in [1.54, 1.807) is 29.1 Å². The highest BCUT2D eigenvalue weighted by Crippen LogP contribution is 2.20. The maximum Gasteiger partial charge on any atom is 0.173 e. The zero-order valence-corrected chi connectivity index (χ0v) is 9.12.